The van der Waals surface area contributed by atoms with Crippen molar-refractivity contribution in [1.82, 2.24) is 0 Å². The van der Waals surface area contributed by atoms with E-state index < -0.39 is 23.2 Å². The highest BCUT2D eigenvalue weighted by molar-refractivity contribution is 5.70. The van der Waals surface area contributed by atoms with Gasteiger partial charge in [0.2, 0.25) is 0 Å². The number of rotatable bonds is 19. The molecule has 0 unspecified atom stereocenters. The van der Waals surface area contributed by atoms with Gasteiger partial charge in [-0.1, -0.05) is 123 Å². The number of fused-ring (bicyclic) bond motifs is 5. The fraction of sp³-hybridized carbons (Fsp3) is 0.804. The largest absolute Gasteiger partial charge is 0.455 e. The van der Waals surface area contributed by atoms with Crippen molar-refractivity contribution < 1.29 is 19.7 Å². The lowest BCUT2D eigenvalue weighted by Gasteiger charge is -2.62. The Morgan fingerprint density at radius 2 is 1.54 bits per heavy atom. The summed E-state index contributed by atoms with van der Waals surface area (Å²) in [7, 11) is 0. The molecule has 0 aromatic heterocycles. The van der Waals surface area contributed by atoms with Crippen LogP contribution in [0.1, 0.15) is 170 Å². The van der Waals surface area contributed by atoms with Gasteiger partial charge in [-0.3, -0.25) is 4.79 Å². The number of aliphatic hydroxyl groups is 2. The lowest BCUT2D eigenvalue weighted by Crippen LogP contribution is -2.66. The van der Waals surface area contributed by atoms with Crippen LogP contribution in [0, 0.1) is 46.3 Å². The average Bonchev–Trinajstić information content (AvgIpc) is 3.43. The number of aliphatic hydroxyl groups excluding tert-OH is 1. The van der Waals surface area contributed by atoms with Crippen molar-refractivity contribution in [2.24, 2.45) is 46.3 Å². The fourth-order valence-corrected chi connectivity index (χ4v) is 10.5. The Morgan fingerprint density at radius 3 is 2.24 bits per heavy atom. The van der Waals surface area contributed by atoms with Crippen molar-refractivity contribution in [3.8, 4) is 0 Å². The minimum Gasteiger partial charge on any atom is -0.455 e. The predicted molar refractivity (Wildman–Crippen MR) is 210 cm³/mol. The van der Waals surface area contributed by atoms with Crippen LogP contribution in [0.15, 0.2) is 48.1 Å². The lowest BCUT2D eigenvalue weighted by atomic mass is 9.45. The molecular formula is C46H76O4. The van der Waals surface area contributed by atoms with Gasteiger partial charge in [-0.2, -0.15) is 0 Å². The third-order valence-corrected chi connectivity index (χ3v) is 14.3. The third kappa shape index (κ3) is 9.66. The van der Waals surface area contributed by atoms with Crippen molar-refractivity contribution in [3.63, 3.8) is 0 Å². The van der Waals surface area contributed by atoms with Crippen LogP contribution >= 0.6 is 0 Å². The fourth-order valence-electron chi connectivity index (χ4n) is 10.5. The summed E-state index contributed by atoms with van der Waals surface area (Å²) in [6.07, 6.45) is 34.5. The van der Waals surface area contributed by atoms with Crippen LogP contribution < -0.4 is 0 Å². The number of allylic oxidation sites excluding steroid dienone is 7. The van der Waals surface area contributed by atoms with Crippen LogP contribution in [-0.2, 0) is 9.53 Å². The number of hydrogen-bond donors (Lipinski definition) is 2. The molecule has 4 aliphatic rings. The van der Waals surface area contributed by atoms with Gasteiger partial charge in [0.1, 0.15) is 11.7 Å². The van der Waals surface area contributed by atoms with Crippen LogP contribution in [0.5, 0.6) is 0 Å². The normalized spacial score (nSPS) is 35.3. The Balaban J connectivity index is 1.33. The van der Waals surface area contributed by atoms with E-state index in [0.717, 1.165) is 44.9 Å². The van der Waals surface area contributed by atoms with Crippen molar-refractivity contribution in [2.75, 3.05) is 0 Å². The van der Waals surface area contributed by atoms with Crippen molar-refractivity contribution in [1.29, 1.82) is 0 Å². The molecule has 3 saturated carbocycles. The van der Waals surface area contributed by atoms with Gasteiger partial charge in [-0.05, 0) is 124 Å². The number of ether oxygens (including phenoxy) is 1. The second-order valence-electron chi connectivity index (χ2n) is 18.0. The van der Waals surface area contributed by atoms with Gasteiger partial charge in [0.05, 0.1) is 6.10 Å². The Labute approximate surface area is 307 Å². The first kappa shape index (κ1) is 41.1. The second-order valence-corrected chi connectivity index (χ2v) is 18.0. The minimum absolute atomic E-state index is 0.201. The third-order valence-electron chi connectivity index (χ3n) is 14.3. The SMILES string of the molecule is CCCCCC=CCC=CCCCCCCCC(=O)O[C@H]1C=C2[C@@H]3CC[C@H]([C@H](C)/C=C/[C@H](C)C(C)C)[C@@]3(C)CC[C@@H]2[C@@]2(C)CC[C@H](O)C[C@]12O. The Bertz CT molecular complexity index is 1180. The molecule has 0 aromatic carbocycles. The van der Waals surface area contributed by atoms with E-state index in [4.69, 9.17) is 4.74 Å². The topological polar surface area (TPSA) is 66.8 Å². The number of unbranched alkanes of at least 4 members (excludes halogenated alkanes) is 8. The van der Waals surface area contributed by atoms with Gasteiger partial charge >= 0.3 is 5.97 Å². The standard InChI is InChI=1S/C46H76O4/c1-8-9-10-11-12-13-14-15-16-17-18-19-20-21-22-23-43(48)50-42-32-38-40-27-26-39(36(5)25-24-35(4)34(2)3)44(40,6)30-29-41(38)45(7)31-28-37(47)33-46(42,45)49/h12-13,15-16,24-25,32,34-37,39-42,47,49H,8-11,14,17-23,26-31,33H2,1-7H3/b13-12?,16-15?,25-24+/t35-,36+,37-,39+,40-,41-,42-,44+,45+,46-/m0/s1. The molecular weight excluding hydrogens is 617 g/mol. The zero-order valence-corrected chi connectivity index (χ0v) is 33.3. The van der Waals surface area contributed by atoms with Gasteiger partial charge in [0.15, 0.2) is 0 Å². The summed E-state index contributed by atoms with van der Waals surface area (Å²) in [6, 6.07) is 0. The molecule has 2 N–H and O–H groups in total. The quantitative estimate of drug-likeness (QED) is 0.0803. The van der Waals surface area contributed by atoms with E-state index >= 15 is 0 Å². The zero-order chi connectivity index (χ0) is 36.4. The zero-order valence-electron chi connectivity index (χ0n) is 33.3. The van der Waals surface area contributed by atoms with E-state index in [2.05, 4.69) is 91.0 Å². The Morgan fingerprint density at radius 1 is 0.860 bits per heavy atom. The molecule has 0 radical (unpaired) electrons. The maximum atomic E-state index is 13.4. The Hall–Kier alpha value is -1.65. The van der Waals surface area contributed by atoms with E-state index in [1.54, 1.807) is 0 Å². The van der Waals surface area contributed by atoms with Crippen LogP contribution in [-0.4, -0.2) is 34.0 Å². The smallest absolute Gasteiger partial charge is 0.306 e. The highest BCUT2D eigenvalue weighted by Crippen LogP contribution is 2.68. The Kier molecular flexibility index (Phi) is 15.5. The van der Waals surface area contributed by atoms with Crippen LogP contribution in [0.4, 0.5) is 0 Å². The molecule has 0 bridgehead atoms. The maximum Gasteiger partial charge on any atom is 0.306 e. The molecule has 4 heteroatoms. The van der Waals surface area contributed by atoms with Crippen LogP contribution in [0.2, 0.25) is 0 Å². The molecule has 3 fully saturated rings. The van der Waals surface area contributed by atoms with Gasteiger partial charge in [0, 0.05) is 18.3 Å². The molecule has 0 spiro atoms. The first-order valence-corrected chi connectivity index (χ1v) is 21.2. The molecule has 10 atom stereocenters. The number of esters is 1. The summed E-state index contributed by atoms with van der Waals surface area (Å²) in [5, 5.41) is 23.3. The van der Waals surface area contributed by atoms with Gasteiger partial charge in [-0.25, -0.2) is 0 Å². The predicted octanol–water partition coefficient (Wildman–Crippen LogP) is 11.9. The molecule has 0 aromatic rings. The van der Waals surface area contributed by atoms with Crippen molar-refractivity contribution in [2.45, 2.75) is 188 Å². The first-order valence-electron chi connectivity index (χ1n) is 21.2. The van der Waals surface area contributed by atoms with E-state index in [0.29, 0.717) is 42.4 Å². The maximum absolute atomic E-state index is 13.4. The highest BCUT2D eigenvalue weighted by atomic mass is 16.6. The number of carbonyl (C=O) groups is 1. The van der Waals surface area contributed by atoms with Gasteiger partial charge < -0.3 is 14.9 Å². The van der Waals surface area contributed by atoms with Gasteiger partial charge in [0.25, 0.3) is 0 Å². The number of carbonyl (C=O) groups excluding carboxylic acids is 1. The summed E-state index contributed by atoms with van der Waals surface area (Å²) >= 11 is 0. The molecule has 50 heavy (non-hydrogen) atoms. The molecule has 0 aliphatic heterocycles. The van der Waals surface area contributed by atoms with Crippen LogP contribution in [0.3, 0.4) is 0 Å². The monoisotopic (exact) mass is 693 g/mol. The van der Waals surface area contributed by atoms with E-state index in [-0.39, 0.29) is 23.7 Å². The molecule has 4 rings (SSSR count). The summed E-state index contributed by atoms with van der Waals surface area (Å²) in [6.45, 7) is 16.4. The van der Waals surface area contributed by atoms with Crippen molar-refractivity contribution >= 4 is 5.97 Å². The molecule has 4 aliphatic carbocycles. The number of hydrogen-bond acceptors (Lipinski definition) is 4. The lowest BCUT2D eigenvalue weighted by molar-refractivity contribution is -0.222. The molecule has 0 saturated heterocycles. The highest BCUT2D eigenvalue weighted by Gasteiger charge is 2.66. The molecule has 284 valence electrons. The average molecular weight is 693 g/mol. The van der Waals surface area contributed by atoms with E-state index in [1.807, 2.05) is 0 Å². The van der Waals surface area contributed by atoms with Crippen LogP contribution in [0.25, 0.3) is 0 Å². The van der Waals surface area contributed by atoms with Gasteiger partial charge in [-0.15, -0.1) is 0 Å². The van der Waals surface area contributed by atoms with Crippen molar-refractivity contribution in [3.05, 3.63) is 48.1 Å². The van der Waals surface area contributed by atoms with E-state index in [9.17, 15) is 15.0 Å². The summed E-state index contributed by atoms with van der Waals surface area (Å²) in [4.78, 5) is 13.4. The first-order chi connectivity index (χ1) is 23.9. The minimum atomic E-state index is -1.23. The molecule has 0 amide bonds. The summed E-state index contributed by atoms with van der Waals surface area (Å²) in [5.41, 5.74) is 0.0221. The molecule has 0 heterocycles. The van der Waals surface area contributed by atoms with E-state index in [1.165, 1.54) is 63.4 Å². The molecule has 4 nitrogen and oxygen atoms in total. The summed E-state index contributed by atoms with van der Waals surface area (Å²) < 4.78 is 6.29. The summed E-state index contributed by atoms with van der Waals surface area (Å²) in [5.74, 6) is 2.93. The second kappa shape index (κ2) is 18.9.